The van der Waals surface area contributed by atoms with Gasteiger partial charge in [0.2, 0.25) is 0 Å². The van der Waals surface area contributed by atoms with Crippen molar-refractivity contribution < 1.29 is 37.5 Å². The number of carbonyl (C=O) groups is 2. The molecule has 0 rings (SSSR count). The molecule has 2 atom stereocenters. The lowest BCUT2D eigenvalue weighted by molar-refractivity contribution is -0.870. The van der Waals surface area contributed by atoms with Gasteiger partial charge in [-0.3, -0.25) is 9.59 Å². The van der Waals surface area contributed by atoms with Gasteiger partial charge in [-0.1, -0.05) is 161 Å². The summed E-state index contributed by atoms with van der Waals surface area (Å²) in [5.74, 6) is -0.620. The highest BCUT2D eigenvalue weighted by Gasteiger charge is 2.21. The number of rotatable bonds is 40. The van der Waals surface area contributed by atoms with Gasteiger partial charge in [-0.25, -0.2) is 0 Å². The molecule has 0 radical (unpaired) electrons. The summed E-state index contributed by atoms with van der Waals surface area (Å²) in [6, 6.07) is 0. The maximum Gasteiger partial charge on any atom is 0.330 e. The molecular weight excluding hydrogens is 673 g/mol. The van der Waals surface area contributed by atoms with Crippen LogP contribution in [0.25, 0.3) is 0 Å². The molecule has 0 saturated carbocycles. The van der Waals surface area contributed by atoms with Crippen molar-refractivity contribution in [1.29, 1.82) is 0 Å². The van der Waals surface area contributed by atoms with Crippen molar-refractivity contribution in [3.8, 4) is 0 Å². The molecule has 0 fully saturated rings. The van der Waals surface area contributed by atoms with Crippen LogP contribution in [0.5, 0.6) is 0 Å². The van der Waals surface area contributed by atoms with E-state index >= 15 is 0 Å². The second-order valence-electron chi connectivity index (χ2n) is 15.9. The standard InChI is InChI=1S/C43H85NO7P/c1-6-8-10-12-14-16-18-20-21-22-24-26-28-30-32-34-36-43(46)51-41(40-50-52(47)49-38-37-44(3,4)5)39-48-42(45)35-33-31-29-27-25-23-19-17-15-13-11-9-7-2/h21-22,41,47H,6-20,23-40H2,1-5H3/q+1/b22-21-. The molecule has 0 spiro atoms. The summed E-state index contributed by atoms with van der Waals surface area (Å²) in [4.78, 5) is 35.3. The molecule has 8 nitrogen and oxygen atoms in total. The number of quaternary nitrogens is 1. The van der Waals surface area contributed by atoms with Gasteiger partial charge in [0.05, 0.1) is 27.7 Å². The first kappa shape index (κ1) is 51.0. The normalized spacial score (nSPS) is 13.1. The molecule has 0 aliphatic carbocycles. The fraction of sp³-hybridized carbons (Fsp3) is 0.907. The minimum Gasteiger partial charge on any atom is -0.462 e. The first-order valence-corrected chi connectivity index (χ1v) is 22.9. The van der Waals surface area contributed by atoms with Crippen LogP contribution in [0, 0.1) is 0 Å². The predicted octanol–water partition coefficient (Wildman–Crippen LogP) is 12.3. The van der Waals surface area contributed by atoms with Gasteiger partial charge < -0.3 is 27.9 Å². The van der Waals surface area contributed by atoms with Gasteiger partial charge in [0.1, 0.15) is 19.8 Å². The lowest BCUT2D eigenvalue weighted by Crippen LogP contribution is -2.37. The SMILES string of the molecule is CCCCCCCCC/C=C\CCCCCCCC(=O)OC(COC(=O)CCCCCCCCCCCCCCC)COP(O)OCC[N+](C)(C)C. The molecule has 0 bridgehead atoms. The van der Waals surface area contributed by atoms with E-state index in [0.717, 1.165) is 51.4 Å². The van der Waals surface area contributed by atoms with E-state index in [4.69, 9.17) is 18.5 Å². The van der Waals surface area contributed by atoms with Crippen LogP contribution < -0.4 is 0 Å². The summed E-state index contributed by atoms with van der Waals surface area (Å²) in [5, 5.41) is 0. The Morgan fingerprint density at radius 3 is 1.40 bits per heavy atom. The molecule has 0 aliphatic heterocycles. The molecule has 308 valence electrons. The van der Waals surface area contributed by atoms with Crippen molar-refractivity contribution in [2.45, 2.75) is 206 Å². The second kappa shape index (κ2) is 38.2. The monoisotopic (exact) mass is 759 g/mol. The van der Waals surface area contributed by atoms with Gasteiger partial charge in [-0.05, 0) is 38.5 Å². The Morgan fingerprint density at radius 1 is 0.558 bits per heavy atom. The number of carbonyl (C=O) groups excluding carboxylic acids is 2. The molecule has 1 N–H and O–H groups in total. The van der Waals surface area contributed by atoms with Crippen LogP contribution >= 0.6 is 8.60 Å². The summed E-state index contributed by atoms with van der Waals surface area (Å²) in [7, 11) is 4.01. The van der Waals surface area contributed by atoms with Crippen LogP contribution in [0.4, 0.5) is 0 Å². The molecule has 0 amide bonds. The van der Waals surface area contributed by atoms with Crippen molar-refractivity contribution >= 4 is 20.5 Å². The number of unbranched alkanes of at least 4 members (excludes halogenated alkanes) is 24. The Bertz CT molecular complexity index is 820. The molecule has 2 unspecified atom stereocenters. The van der Waals surface area contributed by atoms with Crippen LogP contribution in [0.1, 0.15) is 200 Å². The highest BCUT2D eigenvalue weighted by Crippen LogP contribution is 2.33. The predicted molar refractivity (Wildman–Crippen MR) is 219 cm³/mol. The van der Waals surface area contributed by atoms with E-state index in [1.54, 1.807) is 0 Å². The third-order valence-corrected chi connectivity index (χ3v) is 10.2. The van der Waals surface area contributed by atoms with Gasteiger partial charge in [0.15, 0.2) is 6.10 Å². The second-order valence-corrected chi connectivity index (χ2v) is 16.8. The number of likely N-dealkylation sites (N-methyl/N-ethyl adjacent to an activating group) is 1. The maximum atomic E-state index is 12.7. The van der Waals surface area contributed by atoms with Crippen molar-refractivity contribution in [2.75, 3.05) is 47.5 Å². The average molecular weight is 759 g/mol. The van der Waals surface area contributed by atoms with Crippen LogP contribution in [0.2, 0.25) is 0 Å². The maximum absolute atomic E-state index is 12.7. The number of nitrogens with zero attached hydrogens (tertiary/aromatic N) is 1. The lowest BCUT2D eigenvalue weighted by Gasteiger charge is -2.24. The van der Waals surface area contributed by atoms with Crippen LogP contribution in [0.3, 0.4) is 0 Å². The first-order valence-electron chi connectivity index (χ1n) is 21.7. The Labute approximate surface area is 323 Å². The van der Waals surface area contributed by atoms with Crippen LogP contribution in [-0.2, 0) is 28.1 Å². The van der Waals surface area contributed by atoms with E-state index in [-0.39, 0.29) is 25.2 Å². The Kier molecular flexibility index (Phi) is 37.5. The Morgan fingerprint density at radius 2 is 0.962 bits per heavy atom. The number of ether oxygens (including phenoxy) is 2. The van der Waals surface area contributed by atoms with Crippen LogP contribution in [0.15, 0.2) is 12.2 Å². The zero-order valence-corrected chi connectivity index (χ0v) is 35.8. The first-order chi connectivity index (χ1) is 25.2. The molecule has 0 aromatic carbocycles. The van der Waals surface area contributed by atoms with Crippen LogP contribution in [-0.4, -0.2) is 74.9 Å². The number of hydrogen-bond acceptors (Lipinski definition) is 7. The van der Waals surface area contributed by atoms with Gasteiger partial charge in [-0.15, -0.1) is 0 Å². The Balaban J connectivity index is 4.24. The minimum absolute atomic E-state index is 0.0858. The van der Waals surface area contributed by atoms with Crippen molar-refractivity contribution in [3.05, 3.63) is 12.2 Å². The number of esters is 2. The topological polar surface area (TPSA) is 91.3 Å². The third kappa shape index (κ3) is 40.1. The van der Waals surface area contributed by atoms with Crippen molar-refractivity contribution in [1.82, 2.24) is 0 Å². The molecule has 0 saturated heterocycles. The van der Waals surface area contributed by atoms with E-state index in [0.29, 0.717) is 30.5 Å². The molecule has 9 heteroatoms. The highest BCUT2D eigenvalue weighted by atomic mass is 31.2. The zero-order chi connectivity index (χ0) is 38.4. The number of hydrogen-bond donors (Lipinski definition) is 1. The van der Waals surface area contributed by atoms with E-state index in [9.17, 15) is 14.5 Å². The van der Waals surface area contributed by atoms with E-state index in [2.05, 4.69) is 26.0 Å². The van der Waals surface area contributed by atoms with E-state index in [1.807, 2.05) is 21.1 Å². The molecule has 0 aromatic rings. The van der Waals surface area contributed by atoms with Gasteiger partial charge in [0.25, 0.3) is 0 Å². The molecule has 0 aliphatic rings. The molecule has 0 heterocycles. The molecule has 52 heavy (non-hydrogen) atoms. The quantitative estimate of drug-likeness (QED) is 0.0219. The van der Waals surface area contributed by atoms with Gasteiger partial charge in [-0.2, -0.15) is 0 Å². The number of allylic oxidation sites excluding steroid dienone is 2. The van der Waals surface area contributed by atoms with Gasteiger partial charge >= 0.3 is 20.5 Å². The molecule has 0 aromatic heterocycles. The fourth-order valence-electron chi connectivity index (χ4n) is 6.00. The zero-order valence-electron chi connectivity index (χ0n) is 34.9. The largest absolute Gasteiger partial charge is 0.462 e. The Hall–Kier alpha value is -1.05. The highest BCUT2D eigenvalue weighted by molar-refractivity contribution is 7.40. The van der Waals surface area contributed by atoms with Crippen molar-refractivity contribution in [2.24, 2.45) is 0 Å². The average Bonchev–Trinajstić information content (AvgIpc) is 3.10. The summed E-state index contributed by atoms with van der Waals surface area (Å²) >= 11 is 0. The summed E-state index contributed by atoms with van der Waals surface area (Å²) < 4.78 is 22.7. The lowest BCUT2D eigenvalue weighted by atomic mass is 10.0. The molecular formula is C43H85NO7P+. The van der Waals surface area contributed by atoms with E-state index in [1.165, 1.54) is 122 Å². The van der Waals surface area contributed by atoms with E-state index < -0.39 is 14.7 Å². The smallest absolute Gasteiger partial charge is 0.330 e. The summed E-state index contributed by atoms with van der Waals surface area (Å²) in [5.41, 5.74) is 0. The van der Waals surface area contributed by atoms with Crippen molar-refractivity contribution in [3.63, 3.8) is 0 Å². The fourth-order valence-corrected chi connectivity index (χ4v) is 6.61. The summed E-state index contributed by atoms with van der Waals surface area (Å²) in [6.45, 7) is 5.41. The summed E-state index contributed by atoms with van der Waals surface area (Å²) in [6.07, 6.45) is 37.8. The minimum atomic E-state index is -2.12. The van der Waals surface area contributed by atoms with Gasteiger partial charge in [0, 0.05) is 12.8 Å². The third-order valence-electron chi connectivity index (χ3n) is 9.44.